The lowest BCUT2D eigenvalue weighted by Gasteiger charge is -2.03. The van der Waals surface area contributed by atoms with Gasteiger partial charge in [0.25, 0.3) is 0 Å². The predicted octanol–water partition coefficient (Wildman–Crippen LogP) is 1.45. The number of hydrogen-bond donors (Lipinski definition) is 1. The van der Waals surface area contributed by atoms with Gasteiger partial charge in [-0.05, 0) is 13.3 Å². The first kappa shape index (κ1) is 11.0. The van der Waals surface area contributed by atoms with Crippen molar-refractivity contribution in [3.63, 3.8) is 0 Å². The summed E-state index contributed by atoms with van der Waals surface area (Å²) in [6.07, 6.45) is 3.72. The van der Waals surface area contributed by atoms with Crippen molar-refractivity contribution in [2.75, 3.05) is 13.7 Å². The van der Waals surface area contributed by atoms with E-state index in [-0.39, 0.29) is 5.97 Å². The van der Waals surface area contributed by atoms with Gasteiger partial charge >= 0.3 is 5.97 Å². The number of ether oxygens (including phenoxy) is 1. The highest BCUT2D eigenvalue weighted by molar-refractivity contribution is 5.82. The third-order valence-electron chi connectivity index (χ3n) is 1.47. The molecule has 0 heterocycles. The molecule has 3 heteroatoms. The zero-order valence-electron chi connectivity index (χ0n) is 8.02. The maximum absolute atomic E-state index is 10.7. The third kappa shape index (κ3) is 5.77. The van der Waals surface area contributed by atoms with Crippen molar-refractivity contribution in [2.45, 2.75) is 26.7 Å². The minimum atomic E-state index is -0.309. The molecule has 0 saturated heterocycles. The summed E-state index contributed by atoms with van der Waals surface area (Å²) >= 11 is 0. The van der Waals surface area contributed by atoms with Gasteiger partial charge in [-0.15, -0.1) is 0 Å². The molecule has 0 aromatic carbocycles. The van der Waals surface area contributed by atoms with E-state index >= 15 is 0 Å². The Bertz CT molecular complexity index is 164. The van der Waals surface area contributed by atoms with Crippen LogP contribution in [0.5, 0.6) is 0 Å². The normalized spacial score (nSPS) is 11.1. The minimum absolute atomic E-state index is 0.309. The van der Waals surface area contributed by atoms with E-state index in [0.717, 1.165) is 25.1 Å². The highest BCUT2D eigenvalue weighted by Crippen LogP contribution is 1.90. The number of carbonyl (C=O) groups is 1. The van der Waals surface area contributed by atoms with Crippen LogP contribution in [0.15, 0.2) is 11.8 Å². The summed E-state index contributed by atoms with van der Waals surface area (Å²) in [6, 6.07) is 0. The summed E-state index contributed by atoms with van der Waals surface area (Å²) < 4.78 is 4.47. The van der Waals surface area contributed by atoms with Crippen molar-refractivity contribution in [1.29, 1.82) is 0 Å². The molecular weight excluding hydrogens is 154 g/mol. The smallest absolute Gasteiger partial charge is 0.332 e. The molecule has 0 aromatic rings. The fraction of sp³-hybridized carbons (Fsp3) is 0.667. The molecule has 0 radical (unpaired) electrons. The van der Waals surface area contributed by atoms with Gasteiger partial charge in [-0.25, -0.2) is 4.79 Å². The zero-order chi connectivity index (χ0) is 9.40. The molecule has 0 bridgehead atoms. The van der Waals surface area contributed by atoms with Crippen LogP contribution in [0, 0.1) is 0 Å². The molecule has 1 N–H and O–H groups in total. The van der Waals surface area contributed by atoms with Gasteiger partial charge in [0.2, 0.25) is 0 Å². The molecule has 0 saturated carbocycles. The van der Waals surface area contributed by atoms with Gasteiger partial charge in [0.1, 0.15) is 0 Å². The summed E-state index contributed by atoms with van der Waals surface area (Å²) in [5.41, 5.74) is 0.857. The van der Waals surface area contributed by atoms with Crippen molar-refractivity contribution < 1.29 is 9.53 Å². The Labute approximate surface area is 73.8 Å². The number of nitrogens with one attached hydrogen (secondary N) is 1. The lowest BCUT2D eigenvalue weighted by atomic mass is 10.3. The van der Waals surface area contributed by atoms with Gasteiger partial charge in [-0.2, -0.15) is 0 Å². The van der Waals surface area contributed by atoms with Gasteiger partial charge in [0, 0.05) is 18.3 Å². The largest absolute Gasteiger partial charge is 0.466 e. The minimum Gasteiger partial charge on any atom is -0.466 e. The van der Waals surface area contributed by atoms with E-state index in [4.69, 9.17) is 0 Å². The lowest BCUT2D eigenvalue weighted by Crippen LogP contribution is -2.13. The third-order valence-corrected chi connectivity index (χ3v) is 1.47. The quantitative estimate of drug-likeness (QED) is 0.386. The summed E-state index contributed by atoms with van der Waals surface area (Å²) in [5.74, 6) is -0.309. The maximum Gasteiger partial charge on any atom is 0.332 e. The fourth-order valence-electron chi connectivity index (χ4n) is 0.749. The molecule has 12 heavy (non-hydrogen) atoms. The van der Waals surface area contributed by atoms with Gasteiger partial charge in [-0.3, -0.25) is 0 Å². The van der Waals surface area contributed by atoms with Crippen LogP contribution in [0.4, 0.5) is 0 Å². The second kappa shape index (κ2) is 6.70. The van der Waals surface area contributed by atoms with Gasteiger partial charge < -0.3 is 10.1 Å². The number of hydrogen-bond acceptors (Lipinski definition) is 3. The lowest BCUT2D eigenvalue weighted by molar-refractivity contribution is -0.134. The molecule has 0 aliphatic rings. The average Bonchev–Trinajstić information content (AvgIpc) is 2.05. The Balaban J connectivity index is 3.62. The number of methoxy groups -OCH3 is 1. The Morgan fingerprint density at radius 3 is 2.75 bits per heavy atom. The van der Waals surface area contributed by atoms with Crippen molar-refractivity contribution in [1.82, 2.24) is 5.32 Å². The van der Waals surface area contributed by atoms with Crippen LogP contribution in [0.3, 0.4) is 0 Å². The van der Waals surface area contributed by atoms with Crippen molar-refractivity contribution in [3.05, 3.63) is 11.8 Å². The molecule has 0 atom stereocenters. The second-order valence-corrected chi connectivity index (χ2v) is 2.63. The van der Waals surface area contributed by atoms with Gasteiger partial charge in [-0.1, -0.05) is 13.3 Å². The number of rotatable bonds is 5. The summed E-state index contributed by atoms with van der Waals surface area (Å²) in [6.45, 7) is 4.89. The van der Waals surface area contributed by atoms with Crippen LogP contribution >= 0.6 is 0 Å². The van der Waals surface area contributed by atoms with Gasteiger partial charge in [0.05, 0.1) is 7.11 Å². The molecule has 0 unspecified atom stereocenters. The molecule has 0 aliphatic carbocycles. The Kier molecular flexibility index (Phi) is 6.15. The first-order chi connectivity index (χ1) is 5.70. The van der Waals surface area contributed by atoms with Crippen LogP contribution < -0.4 is 5.32 Å². The summed E-state index contributed by atoms with van der Waals surface area (Å²) in [5, 5.41) is 3.11. The summed E-state index contributed by atoms with van der Waals surface area (Å²) in [7, 11) is 1.37. The predicted molar refractivity (Wildman–Crippen MR) is 48.7 cm³/mol. The first-order valence-corrected chi connectivity index (χ1v) is 4.20. The maximum atomic E-state index is 10.7. The fourth-order valence-corrected chi connectivity index (χ4v) is 0.749. The van der Waals surface area contributed by atoms with E-state index in [9.17, 15) is 4.79 Å². The Morgan fingerprint density at radius 2 is 2.25 bits per heavy atom. The monoisotopic (exact) mass is 171 g/mol. The van der Waals surface area contributed by atoms with E-state index in [1.807, 2.05) is 6.92 Å². The van der Waals surface area contributed by atoms with Crippen LogP contribution in [0.2, 0.25) is 0 Å². The van der Waals surface area contributed by atoms with E-state index < -0.39 is 0 Å². The molecule has 0 spiro atoms. The molecule has 0 aliphatic heterocycles. The highest BCUT2D eigenvalue weighted by atomic mass is 16.5. The molecule has 3 nitrogen and oxygen atoms in total. The van der Waals surface area contributed by atoms with Crippen LogP contribution in [0.1, 0.15) is 26.7 Å². The number of unbranched alkanes of at least 4 members (excludes halogenated alkanes) is 1. The van der Waals surface area contributed by atoms with E-state index in [1.165, 1.54) is 13.2 Å². The van der Waals surface area contributed by atoms with Crippen molar-refractivity contribution in [3.8, 4) is 0 Å². The van der Waals surface area contributed by atoms with Crippen LogP contribution in [-0.4, -0.2) is 19.6 Å². The van der Waals surface area contributed by atoms with Crippen LogP contribution in [-0.2, 0) is 9.53 Å². The molecular formula is C9H17NO2. The number of carbonyl (C=O) groups excluding carboxylic acids is 1. The van der Waals surface area contributed by atoms with E-state index in [1.54, 1.807) is 0 Å². The van der Waals surface area contributed by atoms with E-state index in [0.29, 0.717) is 0 Å². The Hall–Kier alpha value is -0.990. The topological polar surface area (TPSA) is 38.3 Å². The average molecular weight is 171 g/mol. The zero-order valence-corrected chi connectivity index (χ0v) is 8.02. The standard InChI is InChI=1S/C9H17NO2/c1-4-5-6-10-8(2)7-9(11)12-3/h7,10H,4-6H2,1-3H3. The first-order valence-electron chi connectivity index (χ1n) is 4.20. The van der Waals surface area contributed by atoms with Gasteiger partial charge in [0.15, 0.2) is 0 Å². The molecule has 0 aromatic heterocycles. The number of allylic oxidation sites excluding steroid dienone is 1. The molecule has 0 rings (SSSR count). The highest BCUT2D eigenvalue weighted by Gasteiger charge is 1.94. The molecule has 0 fully saturated rings. The van der Waals surface area contributed by atoms with Crippen LogP contribution in [0.25, 0.3) is 0 Å². The molecule has 0 amide bonds. The van der Waals surface area contributed by atoms with Crippen molar-refractivity contribution >= 4 is 5.97 Å². The Morgan fingerprint density at radius 1 is 1.58 bits per heavy atom. The number of esters is 1. The molecule has 70 valence electrons. The van der Waals surface area contributed by atoms with Crippen molar-refractivity contribution in [2.24, 2.45) is 0 Å². The second-order valence-electron chi connectivity index (χ2n) is 2.63. The SMILES string of the molecule is CCCCNC(C)=CC(=O)OC. The summed E-state index contributed by atoms with van der Waals surface area (Å²) in [4.78, 5) is 10.7. The van der Waals surface area contributed by atoms with E-state index in [2.05, 4.69) is 17.0 Å².